The van der Waals surface area contributed by atoms with Gasteiger partial charge in [-0.05, 0) is 48.2 Å². The highest BCUT2D eigenvalue weighted by molar-refractivity contribution is 7.89. The molecule has 0 aliphatic carbocycles. The first-order chi connectivity index (χ1) is 13.0. The fraction of sp³-hybridized carbons (Fsp3) is 0.350. The molecule has 6 nitrogen and oxygen atoms in total. The van der Waals surface area contributed by atoms with Crippen LogP contribution in [-0.4, -0.2) is 36.9 Å². The fourth-order valence-electron chi connectivity index (χ4n) is 3.20. The monoisotopic (exact) mass is 388 g/mol. The molecule has 0 amide bonds. The molecule has 1 fully saturated rings. The molecule has 1 heterocycles. The summed E-state index contributed by atoms with van der Waals surface area (Å²) < 4.78 is 26.9. The molecular formula is C20H24N2O4S. The van der Waals surface area contributed by atoms with E-state index in [-0.39, 0.29) is 5.56 Å². The average Bonchev–Trinajstić information content (AvgIpc) is 2.69. The Kier molecular flexibility index (Phi) is 6.26. The van der Waals surface area contributed by atoms with Crippen molar-refractivity contribution in [3.05, 3.63) is 65.2 Å². The lowest BCUT2D eigenvalue weighted by atomic mass is 10.1. The van der Waals surface area contributed by atoms with Crippen molar-refractivity contribution in [3.63, 3.8) is 0 Å². The molecule has 1 aliphatic heterocycles. The lowest BCUT2D eigenvalue weighted by molar-refractivity contribution is 0.0696. The lowest BCUT2D eigenvalue weighted by Gasteiger charge is -2.25. The average molecular weight is 388 g/mol. The first-order valence-electron chi connectivity index (χ1n) is 9.09. The topological polar surface area (TPSA) is 86.7 Å². The van der Waals surface area contributed by atoms with E-state index in [9.17, 15) is 13.2 Å². The molecule has 27 heavy (non-hydrogen) atoms. The fourth-order valence-corrected chi connectivity index (χ4v) is 4.72. The van der Waals surface area contributed by atoms with Crippen LogP contribution >= 0.6 is 0 Å². The maximum atomic E-state index is 12.6. The van der Waals surface area contributed by atoms with Crippen LogP contribution < -0.4 is 5.32 Å². The van der Waals surface area contributed by atoms with Gasteiger partial charge in [0.2, 0.25) is 10.0 Å². The van der Waals surface area contributed by atoms with Gasteiger partial charge in [-0.15, -0.1) is 0 Å². The van der Waals surface area contributed by atoms with E-state index in [1.807, 2.05) is 18.2 Å². The molecule has 2 N–H and O–H groups in total. The number of piperidine rings is 1. The van der Waals surface area contributed by atoms with Crippen molar-refractivity contribution >= 4 is 16.0 Å². The van der Waals surface area contributed by atoms with Gasteiger partial charge < -0.3 is 10.4 Å². The third-order valence-corrected chi connectivity index (χ3v) is 6.62. The van der Waals surface area contributed by atoms with Gasteiger partial charge in [-0.25, -0.2) is 13.2 Å². The normalized spacial score (nSPS) is 15.6. The van der Waals surface area contributed by atoms with E-state index in [2.05, 4.69) is 5.32 Å². The summed E-state index contributed by atoms with van der Waals surface area (Å²) in [6, 6.07) is 13.7. The zero-order valence-electron chi connectivity index (χ0n) is 15.1. The molecule has 0 radical (unpaired) electrons. The molecule has 0 bridgehead atoms. The van der Waals surface area contributed by atoms with Gasteiger partial charge >= 0.3 is 5.97 Å². The van der Waals surface area contributed by atoms with Gasteiger partial charge in [0.1, 0.15) is 0 Å². The third kappa shape index (κ3) is 4.94. The number of hydrogen-bond acceptors (Lipinski definition) is 4. The summed E-state index contributed by atoms with van der Waals surface area (Å²) >= 11 is 0. The predicted molar refractivity (Wildman–Crippen MR) is 103 cm³/mol. The zero-order chi connectivity index (χ0) is 19.3. The molecular weight excluding hydrogens is 364 g/mol. The molecule has 0 atom stereocenters. The smallest absolute Gasteiger partial charge is 0.335 e. The van der Waals surface area contributed by atoms with E-state index < -0.39 is 16.0 Å². The standard InChI is InChI=1S/C20H24N2O4S/c23-20(24)18-6-4-5-17(13-18)15-21-14-16-7-9-19(10-8-16)27(25,26)22-11-2-1-3-12-22/h4-10,13,21H,1-3,11-12,14-15H2,(H,23,24). The number of rotatable bonds is 7. The third-order valence-electron chi connectivity index (χ3n) is 4.71. The van der Waals surface area contributed by atoms with Crippen LogP contribution in [0.5, 0.6) is 0 Å². The van der Waals surface area contributed by atoms with Crippen molar-refractivity contribution in [2.45, 2.75) is 37.2 Å². The highest BCUT2D eigenvalue weighted by Crippen LogP contribution is 2.20. The van der Waals surface area contributed by atoms with Crippen molar-refractivity contribution in [1.29, 1.82) is 0 Å². The number of sulfonamides is 1. The summed E-state index contributed by atoms with van der Waals surface area (Å²) in [6.45, 7) is 2.30. The van der Waals surface area contributed by atoms with Crippen LogP contribution in [-0.2, 0) is 23.1 Å². The Morgan fingerprint density at radius 2 is 1.63 bits per heavy atom. The van der Waals surface area contributed by atoms with E-state index in [0.717, 1.165) is 30.4 Å². The second-order valence-corrected chi connectivity index (χ2v) is 8.66. The SMILES string of the molecule is O=C(O)c1cccc(CNCc2ccc(S(=O)(=O)N3CCCCC3)cc2)c1. The Morgan fingerprint density at radius 1 is 0.963 bits per heavy atom. The van der Waals surface area contributed by atoms with Gasteiger partial charge in [0.25, 0.3) is 0 Å². The first-order valence-corrected chi connectivity index (χ1v) is 10.5. The van der Waals surface area contributed by atoms with E-state index in [0.29, 0.717) is 31.1 Å². The number of aromatic carboxylic acids is 1. The molecule has 7 heteroatoms. The summed E-state index contributed by atoms with van der Waals surface area (Å²) in [5, 5.41) is 12.3. The summed E-state index contributed by atoms with van der Waals surface area (Å²) in [7, 11) is -3.40. The molecule has 1 aliphatic rings. The largest absolute Gasteiger partial charge is 0.478 e. The molecule has 0 unspecified atom stereocenters. The number of nitrogens with zero attached hydrogens (tertiary/aromatic N) is 1. The minimum absolute atomic E-state index is 0.265. The first kappa shape index (κ1) is 19.5. The molecule has 144 valence electrons. The maximum Gasteiger partial charge on any atom is 0.335 e. The van der Waals surface area contributed by atoms with Gasteiger partial charge in [0, 0.05) is 26.2 Å². The zero-order valence-corrected chi connectivity index (χ0v) is 15.9. The molecule has 2 aromatic rings. The van der Waals surface area contributed by atoms with E-state index in [4.69, 9.17) is 5.11 Å². The summed E-state index contributed by atoms with van der Waals surface area (Å²) in [6.07, 6.45) is 2.93. The quantitative estimate of drug-likeness (QED) is 0.762. The van der Waals surface area contributed by atoms with Crippen molar-refractivity contribution in [2.24, 2.45) is 0 Å². The number of nitrogens with one attached hydrogen (secondary N) is 1. The lowest BCUT2D eigenvalue weighted by Crippen LogP contribution is -2.35. The second-order valence-electron chi connectivity index (χ2n) is 6.72. The van der Waals surface area contributed by atoms with Crippen LogP contribution in [0.25, 0.3) is 0 Å². The molecule has 0 saturated carbocycles. The Balaban J connectivity index is 1.58. The summed E-state index contributed by atoms with van der Waals surface area (Å²) in [4.78, 5) is 11.3. The highest BCUT2D eigenvalue weighted by atomic mass is 32.2. The van der Waals surface area contributed by atoms with E-state index >= 15 is 0 Å². The number of hydrogen-bond donors (Lipinski definition) is 2. The Hall–Kier alpha value is -2.22. The van der Waals surface area contributed by atoms with Crippen molar-refractivity contribution in [1.82, 2.24) is 9.62 Å². The minimum atomic E-state index is -3.40. The van der Waals surface area contributed by atoms with Gasteiger partial charge in [-0.1, -0.05) is 30.7 Å². The summed E-state index contributed by atoms with van der Waals surface area (Å²) in [5.41, 5.74) is 2.13. The number of benzene rings is 2. The van der Waals surface area contributed by atoms with Crippen LogP contribution in [0.15, 0.2) is 53.4 Å². The van der Waals surface area contributed by atoms with Gasteiger partial charge in [-0.2, -0.15) is 4.31 Å². The molecule has 1 saturated heterocycles. The van der Waals surface area contributed by atoms with Crippen LogP contribution in [0.2, 0.25) is 0 Å². The Bertz CT molecular complexity index is 888. The Morgan fingerprint density at radius 3 is 2.30 bits per heavy atom. The van der Waals surface area contributed by atoms with Crippen molar-refractivity contribution in [3.8, 4) is 0 Å². The molecule has 2 aromatic carbocycles. The van der Waals surface area contributed by atoms with Gasteiger partial charge in [-0.3, -0.25) is 0 Å². The van der Waals surface area contributed by atoms with Crippen molar-refractivity contribution in [2.75, 3.05) is 13.1 Å². The Labute approximate surface area is 159 Å². The van der Waals surface area contributed by atoms with Crippen LogP contribution in [0.4, 0.5) is 0 Å². The number of carboxylic acid groups (broad SMARTS) is 1. The number of carboxylic acids is 1. The van der Waals surface area contributed by atoms with Crippen LogP contribution in [0.3, 0.4) is 0 Å². The minimum Gasteiger partial charge on any atom is -0.478 e. The highest BCUT2D eigenvalue weighted by Gasteiger charge is 2.25. The van der Waals surface area contributed by atoms with Crippen molar-refractivity contribution < 1.29 is 18.3 Å². The molecule has 0 spiro atoms. The van der Waals surface area contributed by atoms with E-state index in [1.165, 1.54) is 0 Å². The summed E-state index contributed by atoms with van der Waals surface area (Å²) in [5.74, 6) is -0.942. The second kappa shape index (κ2) is 8.65. The maximum absolute atomic E-state index is 12.6. The molecule has 3 rings (SSSR count). The predicted octanol–water partition coefficient (Wildman–Crippen LogP) is 2.85. The van der Waals surface area contributed by atoms with Gasteiger partial charge in [0.15, 0.2) is 0 Å². The number of carbonyl (C=O) groups is 1. The van der Waals surface area contributed by atoms with E-state index in [1.54, 1.807) is 34.6 Å². The van der Waals surface area contributed by atoms with Crippen LogP contribution in [0, 0.1) is 0 Å². The van der Waals surface area contributed by atoms with Crippen LogP contribution in [0.1, 0.15) is 40.7 Å². The van der Waals surface area contributed by atoms with Gasteiger partial charge in [0.05, 0.1) is 10.5 Å². The molecule has 0 aromatic heterocycles.